The summed E-state index contributed by atoms with van der Waals surface area (Å²) in [7, 11) is 0. The van der Waals surface area contributed by atoms with E-state index >= 15 is 0 Å². The van der Waals surface area contributed by atoms with E-state index < -0.39 is 67.8 Å². The zero-order chi connectivity index (χ0) is 38.6. The van der Waals surface area contributed by atoms with Crippen molar-refractivity contribution in [2.75, 3.05) is 6.61 Å². The third kappa shape index (κ3) is 7.24. The molecule has 0 bridgehead atoms. The van der Waals surface area contributed by atoms with Crippen molar-refractivity contribution in [3.8, 4) is 0 Å². The van der Waals surface area contributed by atoms with Gasteiger partial charge in [0.25, 0.3) is 0 Å². The zero-order valence-electron chi connectivity index (χ0n) is 34.4. The molecule has 313 valence electrons. The SMILES string of the molecule is CC(=O)[C@@]12[CH-]CC3(C)C(=CCC4C5(C)CC[C@H](O[C@@H]6OC(C)[C@@H](O)[C@H](C)C6O[C@@H]6OC(CO)[C@H](O)[C@H](O)C6O)[C-](C)[C@@H]5CC[C@]43C)C1CC(C)(C)CC2.[V].[W]. The van der Waals surface area contributed by atoms with Crippen molar-refractivity contribution >= 4 is 5.78 Å². The molecule has 0 aromatic heterocycles. The first-order valence-electron chi connectivity index (χ1n) is 20.6. The Hall–Kier alpha value is 0.323. The van der Waals surface area contributed by atoms with Gasteiger partial charge in [-0.1, -0.05) is 89.4 Å². The summed E-state index contributed by atoms with van der Waals surface area (Å²) in [6.45, 7) is 19.5. The molecule has 6 fully saturated rings. The number of hydrogen-bond acceptors (Lipinski definition) is 10. The van der Waals surface area contributed by atoms with E-state index in [2.05, 4.69) is 54.0 Å². The molecule has 5 aliphatic carbocycles. The van der Waals surface area contributed by atoms with Gasteiger partial charge in [0.2, 0.25) is 0 Å². The van der Waals surface area contributed by atoms with Gasteiger partial charge in [-0.2, -0.15) is 19.3 Å². The second-order valence-corrected chi connectivity index (χ2v) is 20.0. The van der Waals surface area contributed by atoms with Crippen LogP contribution >= 0.6 is 0 Å². The monoisotopic (exact) mass is 979 g/mol. The molecule has 0 aromatic rings. The minimum absolute atomic E-state index is 0. The van der Waals surface area contributed by atoms with Gasteiger partial charge >= 0.3 is 0 Å². The maximum atomic E-state index is 13.4. The van der Waals surface area contributed by atoms with Gasteiger partial charge in [0.15, 0.2) is 12.6 Å². The predicted octanol–water partition coefficient (Wildman–Crippen LogP) is 5.07. The molecule has 0 amide bonds. The summed E-state index contributed by atoms with van der Waals surface area (Å²) in [6.07, 6.45) is 3.67. The molecule has 2 saturated heterocycles. The third-order valence-corrected chi connectivity index (χ3v) is 16.9. The largest absolute Gasteiger partial charge is 0.394 e. The van der Waals surface area contributed by atoms with E-state index in [4.69, 9.17) is 18.9 Å². The van der Waals surface area contributed by atoms with Gasteiger partial charge in [-0.3, -0.25) is 5.92 Å². The van der Waals surface area contributed by atoms with Gasteiger partial charge in [-0.05, 0) is 74.0 Å². The van der Waals surface area contributed by atoms with Crippen molar-refractivity contribution in [2.24, 2.45) is 50.7 Å². The molecule has 12 heteroatoms. The molecule has 5 N–H and O–H groups in total. The summed E-state index contributed by atoms with van der Waals surface area (Å²) < 4.78 is 25.1. The molecule has 8 unspecified atom stereocenters. The molecule has 4 saturated carbocycles. The molecule has 1 radical (unpaired) electrons. The minimum Gasteiger partial charge on any atom is -0.394 e. The quantitative estimate of drug-likeness (QED) is 0.139. The van der Waals surface area contributed by atoms with E-state index in [1.807, 2.05) is 13.8 Å². The van der Waals surface area contributed by atoms with Crippen LogP contribution in [0.3, 0.4) is 0 Å². The number of carbonyl (C=O) groups is 1. The topological polar surface area (TPSA) is 155 Å². The maximum absolute atomic E-state index is 13.4. The van der Waals surface area contributed by atoms with E-state index in [0.29, 0.717) is 17.6 Å². The van der Waals surface area contributed by atoms with Crippen LogP contribution in [0, 0.1) is 63.1 Å². The van der Waals surface area contributed by atoms with E-state index in [-0.39, 0.29) is 78.7 Å². The Morgan fingerprint density at radius 3 is 2.27 bits per heavy atom. The number of carbonyl (C=O) groups excluding carboxylic acids is 1. The van der Waals surface area contributed by atoms with Gasteiger partial charge in [0.1, 0.15) is 36.3 Å². The fraction of sp³-hybridized carbons (Fsp3) is 0.884. The molecule has 55 heavy (non-hydrogen) atoms. The van der Waals surface area contributed by atoms with Crippen molar-refractivity contribution in [2.45, 2.75) is 182 Å². The number of Topliss-reactive ketones (excluding diaryl/α,β-unsaturated/α-hetero) is 1. The Morgan fingerprint density at radius 2 is 1.62 bits per heavy atom. The Bertz CT molecular complexity index is 1430. The normalized spacial score (nSPS) is 52.1. The van der Waals surface area contributed by atoms with Crippen LogP contribution in [0.2, 0.25) is 0 Å². The summed E-state index contributed by atoms with van der Waals surface area (Å²) in [5.74, 6) is 2.30. The van der Waals surface area contributed by atoms with Gasteiger partial charge in [0.05, 0.1) is 18.8 Å². The van der Waals surface area contributed by atoms with E-state index in [1.54, 1.807) is 12.5 Å². The first kappa shape index (κ1) is 46.4. The zero-order valence-corrected chi connectivity index (χ0v) is 38.8. The minimum atomic E-state index is -1.58. The van der Waals surface area contributed by atoms with Crippen molar-refractivity contribution in [3.63, 3.8) is 0 Å². The molecule has 7 aliphatic rings. The number of allylic oxidation sites excluding steroid dienone is 2. The molecular formula is C43H68O10VW-2. The van der Waals surface area contributed by atoms with Crippen LogP contribution < -0.4 is 0 Å². The Kier molecular flexibility index (Phi) is 13.8. The van der Waals surface area contributed by atoms with Gasteiger partial charge in [-0.15, -0.1) is 0 Å². The van der Waals surface area contributed by atoms with Crippen LogP contribution in [0.4, 0.5) is 0 Å². The molecule has 2 heterocycles. The van der Waals surface area contributed by atoms with Gasteiger partial charge < -0.3 is 55.7 Å². The summed E-state index contributed by atoms with van der Waals surface area (Å²) in [6, 6.07) is 0. The molecule has 10 nitrogen and oxygen atoms in total. The Morgan fingerprint density at radius 1 is 0.927 bits per heavy atom. The summed E-state index contributed by atoms with van der Waals surface area (Å²) in [5, 5.41) is 52.3. The van der Waals surface area contributed by atoms with Gasteiger partial charge in [0, 0.05) is 45.5 Å². The molecule has 2 aliphatic heterocycles. The predicted molar refractivity (Wildman–Crippen MR) is 198 cm³/mol. The van der Waals surface area contributed by atoms with Crippen LogP contribution in [0.1, 0.15) is 120 Å². The van der Waals surface area contributed by atoms with E-state index in [1.165, 1.54) is 5.92 Å². The van der Waals surface area contributed by atoms with Crippen LogP contribution in [-0.4, -0.2) is 99.3 Å². The fourth-order valence-electron chi connectivity index (χ4n) is 13.1. The first-order valence-corrected chi connectivity index (χ1v) is 20.6. The van der Waals surface area contributed by atoms with Crippen LogP contribution in [0.15, 0.2) is 11.6 Å². The molecule has 0 aromatic carbocycles. The van der Waals surface area contributed by atoms with Crippen LogP contribution in [0.25, 0.3) is 0 Å². The standard InChI is InChI=1S/C43H68O10.V.W/c1-22-26-12-15-42(9)31(11-10-27-28-20-39(5,6)16-18-43(28,25(4)45)19-17-41(27,42)8)40(26,7)14-13-29(22)51-38-36(23(2)32(46)24(3)50-38)53-37-35(49)34(48)33(47)30(21-44)52-37;;/h10,19,23-24,26,28-38,44,46-49H,11-18,20-21H2,1-9H3;;/q-2;;/t23-,24?,26-,28?,29-,30?,31?,32-,33-,34-,35?,36?,37-,38-,40?,41?,42+,43+;;/m0../s1. The Balaban J connectivity index is 0.00000290. The number of ketones is 1. The van der Waals surface area contributed by atoms with Crippen molar-refractivity contribution in [3.05, 3.63) is 24.0 Å². The number of rotatable bonds is 6. The fourth-order valence-corrected chi connectivity index (χ4v) is 13.1. The Labute approximate surface area is 355 Å². The van der Waals surface area contributed by atoms with Gasteiger partial charge in [-0.25, -0.2) is 0 Å². The van der Waals surface area contributed by atoms with Crippen molar-refractivity contribution in [1.82, 2.24) is 0 Å². The van der Waals surface area contributed by atoms with E-state index in [0.717, 1.165) is 57.8 Å². The maximum Gasteiger partial charge on any atom is 0.187 e. The number of hydrogen-bond donors (Lipinski definition) is 5. The summed E-state index contributed by atoms with van der Waals surface area (Å²) in [5.41, 5.74) is 1.61. The first-order chi connectivity index (χ1) is 24.7. The van der Waals surface area contributed by atoms with E-state index in [9.17, 15) is 30.3 Å². The molecular weight excluding hydrogens is 911 g/mol. The summed E-state index contributed by atoms with van der Waals surface area (Å²) >= 11 is 0. The van der Waals surface area contributed by atoms with Crippen LogP contribution in [-0.2, 0) is 63.4 Å². The smallest absolute Gasteiger partial charge is 0.187 e. The second-order valence-electron chi connectivity index (χ2n) is 20.0. The number of fused-ring (bicyclic) bond motifs is 7. The molecule has 7 rings (SSSR count). The molecule has 0 spiro atoms. The number of aliphatic hydroxyl groups excluding tert-OH is 5. The third-order valence-electron chi connectivity index (χ3n) is 16.9. The average molecular weight is 980 g/mol. The number of ether oxygens (including phenoxy) is 4. The van der Waals surface area contributed by atoms with Crippen molar-refractivity contribution < 1.29 is 88.9 Å². The van der Waals surface area contributed by atoms with Crippen molar-refractivity contribution in [1.29, 1.82) is 0 Å². The summed E-state index contributed by atoms with van der Waals surface area (Å²) in [4.78, 5) is 13.4. The van der Waals surface area contributed by atoms with Crippen LogP contribution in [0.5, 0.6) is 0 Å². The number of aliphatic hydroxyl groups is 5. The average Bonchev–Trinajstić information content (AvgIpc) is 3.10. The molecule has 18 atom stereocenters. The second kappa shape index (κ2) is 16.3.